The minimum absolute atomic E-state index is 0. The van der Waals surface area contributed by atoms with Crippen molar-refractivity contribution in [3.63, 3.8) is 0 Å². The Morgan fingerprint density at radius 2 is 0.632 bits per heavy atom. The molecule has 0 aromatic carbocycles. The maximum Gasteiger partial charge on any atom is 1.00 e. The fraction of sp³-hybridized carbons (Fsp3) is 1.00. The zero-order valence-electron chi connectivity index (χ0n) is 14.1. The predicted octanol–water partition coefficient (Wildman–Crippen LogP) is 3.90. The maximum absolute atomic E-state index is 5.83. The van der Waals surface area contributed by atoms with Crippen LogP contribution in [-0.4, -0.2) is 39.6 Å². The van der Waals surface area contributed by atoms with Crippen molar-refractivity contribution in [1.29, 1.82) is 0 Å². The summed E-state index contributed by atoms with van der Waals surface area (Å²) < 4.78 is 35.0. The van der Waals surface area contributed by atoms with Gasteiger partial charge in [-0.1, -0.05) is 0 Å². The van der Waals surface area contributed by atoms with Crippen molar-refractivity contribution in [3.8, 4) is 0 Å². The summed E-state index contributed by atoms with van der Waals surface area (Å²) in [5.74, 6) is 0. The third kappa shape index (κ3) is 3.64. The molecule has 0 rings (SSSR count). The van der Waals surface area contributed by atoms with Crippen LogP contribution in [0, 0.1) is 0 Å². The molecule has 0 fully saturated rings. The van der Waals surface area contributed by atoms with Gasteiger partial charge in [-0.2, -0.15) is 0 Å². The summed E-state index contributed by atoms with van der Waals surface area (Å²) in [6.07, 6.45) is 0. The first-order chi connectivity index (χ1) is 8.97. The quantitative estimate of drug-likeness (QED) is 0.510. The molecule has 0 amide bonds. The smallest absolute Gasteiger partial charge is 1.00 e. The monoisotopic (exact) mass is 302 g/mol. The molecular formula is C12H31O6P. The second kappa shape index (κ2) is 7.27. The standard InChI is InChI=1S/C12H30O6P/c1-7-13-19(14-8-2,15-9-3,16-10-4,17-11-5)18-12-6/h7-12H2,1-6H3/q-1/p+1. The Balaban J connectivity index is 0. The molecule has 0 aliphatic heterocycles. The van der Waals surface area contributed by atoms with E-state index >= 15 is 0 Å². The van der Waals surface area contributed by atoms with Gasteiger partial charge in [0.05, 0.1) is 0 Å². The summed E-state index contributed by atoms with van der Waals surface area (Å²) >= 11 is 0. The topological polar surface area (TPSA) is 55.4 Å². The first-order valence-corrected chi connectivity index (χ1v) is 9.26. The Kier molecular flexibility index (Phi) is 7.34. The van der Waals surface area contributed by atoms with Crippen LogP contribution < -0.4 is 0 Å². The molecule has 0 saturated heterocycles. The molecule has 0 saturated carbocycles. The second-order valence-electron chi connectivity index (χ2n) is 3.62. The predicted molar refractivity (Wildman–Crippen MR) is 77.8 cm³/mol. The van der Waals surface area contributed by atoms with E-state index in [-0.39, 0.29) is 41.1 Å². The minimum atomic E-state index is -5.10. The number of hydrogen-bond acceptors (Lipinski definition) is 6. The molecule has 0 aromatic rings. The van der Waals surface area contributed by atoms with Crippen molar-refractivity contribution in [2.24, 2.45) is 0 Å². The van der Waals surface area contributed by atoms with Crippen molar-refractivity contribution in [2.75, 3.05) is 39.6 Å². The van der Waals surface area contributed by atoms with E-state index in [4.69, 9.17) is 27.1 Å². The van der Waals surface area contributed by atoms with Crippen molar-refractivity contribution in [2.45, 2.75) is 41.5 Å². The zero-order valence-corrected chi connectivity index (χ0v) is 14.0. The van der Waals surface area contributed by atoms with Crippen LogP contribution in [0.5, 0.6) is 0 Å². The second-order valence-corrected chi connectivity index (χ2v) is 7.41. The van der Waals surface area contributed by atoms with Crippen molar-refractivity contribution >= 4 is 7.31 Å². The first-order valence-electron chi connectivity index (χ1n) is 7.07. The van der Waals surface area contributed by atoms with Crippen molar-refractivity contribution in [3.05, 3.63) is 0 Å². The van der Waals surface area contributed by atoms with Crippen LogP contribution in [-0.2, 0) is 27.1 Å². The minimum Gasteiger partial charge on any atom is 1.00 e. The molecule has 120 valence electrons. The van der Waals surface area contributed by atoms with Crippen LogP contribution in [0.2, 0.25) is 0 Å². The van der Waals surface area contributed by atoms with Gasteiger partial charge in [0.1, 0.15) is 0 Å². The molecule has 0 radical (unpaired) electrons. The summed E-state index contributed by atoms with van der Waals surface area (Å²) in [6.45, 7) is 12.6. The molecule has 0 N–H and O–H groups in total. The van der Waals surface area contributed by atoms with E-state index in [1.54, 1.807) is 0 Å². The Hall–Kier alpha value is 0.190. The van der Waals surface area contributed by atoms with Crippen molar-refractivity contribution < 1.29 is 28.6 Å². The third-order valence-corrected chi connectivity index (χ3v) is 7.07. The van der Waals surface area contributed by atoms with E-state index in [9.17, 15) is 0 Å². The van der Waals surface area contributed by atoms with Crippen LogP contribution in [0.15, 0.2) is 0 Å². The number of hydrogen-bond donors (Lipinski definition) is 0. The van der Waals surface area contributed by atoms with Gasteiger partial charge < -0.3 is 0 Å². The summed E-state index contributed by atoms with van der Waals surface area (Å²) in [7, 11) is -5.10. The van der Waals surface area contributed by atoms with Gasteiger partial charge in [-0.15, -0.1) is 0 Å². The van der Waals surface area contributed by atoms with E-state index in [0.717, 1.165) is 0 Å². The Labute approximate surface area is 118 Å². The van der Waals surface area contributed by atoms with Gasteiger partial charge in [0.15, 0.2) is 0 Å². The van der Waals surface area contributed by atoms with Crippen LogP contribution in [0.4, 0.5) is 0 Å². The molecule has 0 aliphatic rings. The van der Waals surface area contributed by atoms with Gasteiger partial charge in [-0.05, 0) is 0 Å². The molecule has 19 heavy (non-hydrogen) atoms. The fourth-order valence-corrected chi connectivity index (χ4v) is 6.42. The van der Waals surface area contributed by atoms with Crippen LogP contribution in [0.25, 0.3) is 0 Å². The van der Waals surface area contributed by atoms with Crippen molar-refractivity contribution in [1.82, 2.24) is 0 Å². The molecule has 6 nitrogen and oxygen atoms in total. The van der Waals surface area contributed by atoms with Gasteiger partial charge in [0.2, 0.25) is 0 Å². The average molecular weight is 302 g/mol. The van der Waals surface area contributed by atoms with Gasteiger partial charge in [-0.3, -0.25) is 0 Å². The summed E-state index contributed by atoms with van der Waals surface area (Å²) in [5.41, 5.74) is 0. The molecule has 0 atom stereocenters. The molecule has 0 aromatic heterocycles. The van der Waals surface area contributed by atoms with Gasteiger partial charge in [-0.25, -0.2) is 0 Å². The summed E-state index contributed by atoms with van der Waals surface area (Å²) in [6, 6.07) is 0. The van der Waals surface area contributed by atoms with Gasteiger partial charge in [0, 0.05) is 0 Å². The Bertz CT molecular complexity index is 195. The molecule has 0 aliphatic carbocycles. The first kappa shape index (κ1) is 19.2. The Morgan fingerprint density at radius 3 is 0.737 bits per heavy atom. The van der Waals surface area contributed by atoms with Gasteiger partial charge >= 0.3 is 117 Å². The largest absolute Gasteiger partial charge is 1.00 e. The molecule has 0 unspecified atom stereocenters. The Morgan fingerprint density at radius 1 is 0.474 bits per heavy atom. The van der Waals surface area contributed by atoms with E-state index in [1.807, 2.05) is 41.5 Å². The molecular weight excluding hydrogens is 271 g/mol. The average Bonchev–Trinajstić information content (AvgIpc) is 2.31. The fourth-order valence-electron chi connectivity index (χ4n) is 2.14. The van der Waals surface area contributed by atoms with E-state index in [1.165, 1.54) is 0 Å². The molecule has 7 heteroatoms. The molecule has 0 spiro atoms. The van der Waals surface area contributed by atoms with E-state index in [2.05, 4.69) is 0 Å². The van der Waals surface area contributed by atoms with Gasteiger partial charge in [0.25, 0.3) is 0 Å². The van der Waals surface area contributed by atoms with Crippen LogP contribution >= 0.6 is 7.31 Å². The zero-order chi connectivity index (χ0) is 14.9. The molecule has 0 bridgehead atoms. The number of rotatable bonds is 12. The van der Waals surface area contributed by atoms with E-state index < -0.39 is 7.31 Å². The maximum atomic E-state index is 5.83. The van der Waals surface area contributed by atoms with Crippen LogP contribution in [0.1, 0.15) is 43.0 Å². The summed E-state index contributed by atoms with van der Waals surface area (Å²) in [4.78, 5) is 0. The van der Waals surface area contributed by atoms with Crippen LogP contribution in [0.3, 0.4) is 0 Å². The van der Waals surface area contributed by atoms with E-state index in [0.29, 0.717) is 0 Å². The molecule has 0 heterocycles. The third-order valence-electron chi connectivity index (χ3n) is 2.36. The summed E-state index contributed by atoms with van der Waals surface area (Å²) in [5, 5.41) is 0. The normalized spacial score (nSPS) is 16.1. The SMILES string of the molecule is CCO[P-](OCC)(OCC)(OCC)(OCC)OCC.[H+].